The van der Waals surface area contributed by atoms with Crippen molar-refractivity contribution in [1.82, 2.24) is 5.32 Å². The summed E-state index contributed by atoms with van der Waals surface area (Å²) in [5, 5.41) is 2.64. The molecule has 2 aromatic carbocycles. The first kappa shape index (κ1) is 19.0. The number of primary amides is 1. The molecule has 0 aliphatic rings. The highest BCUT2D eigenvalue weighted by Crippen LogP contribution is 2.26. The van der Waals surface area contributed by atoms with Gasteiger partial charge in [0.15, 0.2) is 0 Å². The molecule has 0 aromatic heterocycles. The van der Waals surface area contributed by atoms with Crippen molar-refractivity contribution < 1.29 is 18.0 Å². The number of amides is 2. The Balaban J connectivity index is 2.22. The van der Waals surface area contributed by atoms with Crippen LogP contribution in [0.4, 0.5) is 5.69 Å². The predicted molar refractivity (Wildman–Crippen MR) is 95.2 cm³/mol. The molecule has 0 aliphatic carbocycles. The zero-order valence-corrected chi connectivity index (χ0v) is 15.0. The van der Waals surface area contributed by atoms with Gasteiger partial charge in [-0.3, -0.25) is 14.3 Å². The van der Waals surface area contributed by atoms with Gasteiger partial charge in [-0.05, 0) is 36.4 Å². The molecular weight excluding hydrogens is 389 g/mol. The Hall–Kier alpha value is -2.29. The zero-order chi connectivity index (χ0) is 18.6. The van der Waals surface area contributed by atoms with E-state index in [1.54, 1.807) is 0 Å². The van der Waals surface area contributed by atoms with Gasteiger partial charge in [0.05, 0.1) is 21.5 Å². The minimum absolute atomic E-state index is 0.0783. The largest absolute Gasteiger partial charge is 0.368 e. The number of halogens is 2. The molecule has 0 saturated heterocycles. The molecule has 7 nitrogen and oxygen atoms in total. The highest BCUT2D eigenvalue weighted by molar-refractivity contribution is 7.92. The summed E-state index contributed by atoms with van der Waals surface area (Å²) < 4.78 is 27.1. The molecule has 0 heterocycles. The van der Waals surface area contributed by atoms with Crippen molar-refractivity contribution in [3.05, 3.63) is 58.1 Å². The third kappa shape index (κ3) is 5.09. The summed E-state index contributed by atoms with van der Waals surface area (Å²) in [6.07, 6.45) is 0. The highest BCUT2D eigenvalue weighted by atomic mass is 35.5. The van der Waals surface area contributed by atoms with Gasteiger partial charge in [-0.1, -0.05) is 29.3 Å². The van der Waals surface area contributed by atoms with Crippen molar-refractivity contribution >= 4 is 50.7 Å². The molecule has 2 aromatic rings. The van der Waals surface area contributed by atoms with Crippen LogP contribution in [0.25, 0.3) is 0 Å². The summed E-state index contributed by atoms with van der Waals surface area (Å²) >= 11 is 11.6. The standard InChI is InChI=1S/C15H13Cl2N3O4S/c16-12-5-4-11(7-13(12)17)25(23,24)20-10-3-1-2-9(6-10)15(22)19-8-14(18)21/h1-7,20H,8H2,(H2,18,21)(H,19,22). The van der Waals surface area contributed by atoms with Gasteiger partial charge in [-0.25, -0.2) is 8.42 Å². The molecule has 0 unspecified atom stereocenters. The molecule has 0 fully saturated rings. The molecule has 2 rings (SSSR count). The van der Waals surface area contributed by atoms with Crippen LogP contribution in [-0.4, -0.2) is 26.8 Å². The van der Waals surface area contributed by atoms with Gasteiger partial charge < -0.3 is 11.1 Å². The molecule has 25 heavy (non-hydrogen) atoms. The average Bonchev–Trinajstić information content (AvgIpc) is 2.54. The Morgan fingerprint density at radius 1 is 1.04 bits per heavy atom. The third-order valence-corrected chi connectivity index (χ3v) is 5.12. The van der Waals surface area contributed by atoms with Crippen LogP contribution in [0, 0.1) is 0 Å². The van der Waals surface area contributed by atoms with Crippen LogP contribution in [0.2, 0.25) is 10.0 Å². The predicted octanol–water partition coefficient (Wildman–Crippen LogP) is 2.01. The molecule has 132 valence electrons. The second-order valence-electron chi connectivity index (χ2n) is 4.91. The molecule has 0 bridgehead atoms. The first-order valence-corrected chi connectivity index (χ1v) is 9.07. The molecule has 0 radical (unpaired) electrons. The van der Waals surface area contributed by atoms with E-state index < -0.39 is 21.8 Å². The molecular formula is C15H13Cl2N3O4S. The lowest BCUT2D eigenvalue weighted by Gasteiger charge is -2.10. The lowest BCUT2D eigenvalue weighted by atomic mass is 10.2. The molecule has 0 spiro atoms. The van der Waals surface area contributed by atoms with Crippen molar-refractivity contribution in [3.63, 3.8) is 0 Å². The number of benzene rings is 2. The fourth-order valence-electron chi connectivity index (χ4n) is 1.85. The van der Waals surface area contributed by atoms with Gasteiger partial charge in [0.2, 0.25) is 5.91 Å². The fourth-order valence-corrected chi connectivity index (χ4v) is 3.29. The molecule has 0 saturated carbocycles. The number of carbonyl (C=O) groups is 2. The number of carbonyl (C=O) groups excluding carboxylic acids is 2. The Bertz CT molecular complexity index is 932. The van der Waals surface area contributed by atoms with E-state index in [0.717, 1.165) is 0 Å². The SMILES string of the molecule is NC(=O)CNC(=O)c1cccc(NS(=O)(=O)c2ccc(Cl)c(Cl)c2)c1. The highest BCUT2D eigenvalue weighted by Gasteiger charge is 2.16. The van der Waals surface area contributed by atoms with Crippen LogP contribution in [-0.2, 0) is 14.8 Å². The summed E-state index contributed by atoms with van der Waals surface area (Å²) in [7, 11) is -3.92. The Morgan fingerprint density at radius 2 is 1.76 bits per heavy atom. The van der Waals surface area contributed by atoms with E-state index in [0.29, 0.717) is 0 Å². The molecule has 2 amide bonds. The number of rotatable bonds is 6. The summed E-state index contributed by atoms with van der Waals surface area (Å²) in [5.41, 5.74) is 5.28. The van der Waals surface area contributed by atoms with E-state index in [1.807, 2.05) is 0 Å². The van der Waals surface area contributed by atoms with Gasteiger partial charge in [-0.2, -0.15) is 0 Å². The van der Waals surface area contributed by atoms with Crippen LogP contribution in [0.15, 0.2) is 47.4 Å². The van der Waals surface area contributed by atoms with Crippen LogP contribution in [0.5, 0.6) is 0 Å². The second-order valence-corrected chi connectivity index (χ2v) is 7.41. The zero-order valence-electron chi connectivity index (χ0n) is 12.6. The van der Waals surface area contributed by atoms with Crippen LogP contribution < -0.4 is 15.8 Å². The molecule has 4 N–H and O–H groups in total. The first-order valence-electron chi connectivity index (χ1n) is 6.83. The van der Waals surface area contributed by atoms with Crippen molar-refractivity contribution in [3.8, 4) is 0 Å². The van der Waals surface area contributed by atoms with Crippen molar-refractivity contribution in [2.45, 2.75) is 4.90 Å². The average molecular weight is 402 g/mol. The smallest absolute Gasteiger partial charge is 0.261 e. The van der Waals surface area contributed by atoms with E-state index in [4.69, 9.17) is 28.9 Å². The van der Waals surface area contributed by atoms with Gasteiger partial charge in [0.25, 0.3) is 15.9 Å². The van der Waals surface area contributed by atoms with Crippen molar-refractivity contribution in [1.29, 1.82) is 0 Å². The van der Waals surface area contributed by atoms with E-state index >= 15 is 0 Å². The Morgan fingerprint density at radius 3 is 2.40 bits per heavy atom. The number of sulfonamides is 1. The van der Waals surface area contributed by atoms with E-state index in [1.165, 1.54) is 42.5 Å². The number of anilines is 1. The minimum Gasteiger partial charge on any atom is -0.368 e. The van der Waals surface area contributed by atoms with Gasteiger partial charge in [0.1, 0.15) is 0 Å². The summed E-state index contributed by atoms with van der Waals surface area (Å²) in [4.78, 5) is 22.5. The fraction of sp³-hybridized carbons (Fsp3) is 0.0667. The quantitative estimate of drug-likeness (QED) is 0.685. The van der Waals surface area contributed by atoms with Gasteiger partial charge >= 0.3 is 0 Å². The normalized spacial score (nSPS) is 11.0. The van der Waals surface area contributed by atoms with Crippen molar-refractivity contribution in [2.24, 2.45) is 5.73 Å². The van der Waals surface area contributed by atoms with Crippen LogP contribution in [0.1, 0.15) is 10.4 Å². The number of nitrogens with two attached hydrogens (primary N) is 1. The summed E-state index contributed by atoms with van der Waals surface area (Å²) in [5.74, 6) is -1.25. The lowest BCUT2D eigenvalue weighted by molar-refractivity contribution is -0.117. The number of hydrogen-bond acceptors (Lipinski definition) is 4. The Kier molecular flexibility index (Phi) is 5.89. The summed E-state index contributed by atoms with van der Waals surface area (Å²) in [6, 6.07) is 9.65. The monoisotopic (exact) mass is 401 g/mol. The van der Waals surface area contributed by atoms with Gasteiger partial charge in [0, 0.05) is 11.3 Å². The minimum atomic E-state index is -3.92. The molecule has 0 aliphatic heterocycles. The third-order valence-electron chi connectivity index (χ3n) is 3.00. The molecule has 0 atom stereocenters. The number of hydrogen-bond donors (Lipinski definition) is 3. The van der Waals surface area contributed by atoms with E-state index in [9.17, 15) is 18.0 Å². The van der Waals surface area contributed by atoms with Crippen LogP contribution >= 0.6 is 23.2 Å². The van der Waals surface area contributed by atoms with Gasteiger partial charge in [-0.15, -0.1) is 0 Å². The second kappa shape index (κ2) is 7.73. The topological polar surface area (TPSA) is 118 Å². The van der Waals surface area contributed by atoms with Crippen molar-refractivity contribution in [2.75, 3.05) is 11.3 Å². The maximum absolute atomic E-state index is 12.4. The Labute approximate surface area is 154 Å². The van der Waals surface area contributed by atoms with E-state index in [2.05, 4.69) is 10.0 Å². The van der Waals surface area contributed by atoms with E-state index in [-0.39, 0.29) is 32.7 Å². The van der Waals surface area contributed by atoms with Crippen LogP contribution in [0.3, 0.4) is 0 Å². The summed E-state index contributed by atoms with van der Waals surface area (Å²) in [6.45, 7) is -0.321. The number of nitrogens with one attached hydrogen (secondary N) is 2. The maximum Gasteiger partial charge on any atom is 0.261 e. The maximum atomic E-state index is 12.4. The first-order chi connectivity index (χ1) is 11.7. The lowest BCUT2D eigenvalue weighted by Crippen LogP contribution is -2.33. The molecule has 10 heteroatoms.